The van der Waals surface area contributed by atoms with E-state index >= 15 is 0 Å². The quantitative estimate of drug-likeness (QED) is 0.618. The van der Waals surface area contributed by atoms with Crippen LogP contribution in [-0.2, 0) is 14.3 Å². The van der Waals surface area contributed by atoms with Crippen molar-refractivity contribution < 1.29 is 23.5 Å². The standard InChI is InChI=1S/C27H28FNO4/c1-4-13-33-27(31)24-16(2)29-21-14-17(18-9-6-8-12-23(18)32-3)15-22(30)26(21)25(24)19-10-5-7-11-20(19)28/h5-12,17,25,29H,4,13-15H2,1-3H3/t17-,25-/m1/s1. The molecule has 0 radical (unpaired) electrons. The van der Waals surface area contributed by atoms with E-state index < -0.39 is 17.7 Å². The van der Waals surface area contributed by atoms with Crippen molar-refractivity contribution in [2.45, 2.75) is 44.9 Å². The summed E-state index contributed by atoms with van der Waals surface area (Å²) < 4.78 is 25.9. The Balaban J connectivity index is 1.80. The van der Waals surface area contributed by atoms with Crippen LogP contribution < -0.4 is 10.1 Å². The molecule has 2 atom stereocenters. The maximum Gasteiger partial charge on any atom is 0.336 e. The molecular formula is C27H28FNO4. The summed E-state index contributed by atoms with van der Waals surface area (Å²) in [7, 11) is 1.61. The highest BCUT2D eigenvalue weighted by Gasteiger charge is 2.42. The highest BCUT2D eigenvalue weighted by atomic mass is 19.1. The normalized spacial score (nSPS) is 20.3. The van der Waals surface area contributed by atoms with E-state index in [1.165, 1.54) is 6.07 Å². The Hall–Kier alpha value is -3.41. The van der Waals surface area contributed by atoms with E-state index in [1.54, 1.807) is 32.2 Å². The van der Waals surface area contributed by atoms with Gasteiger partial charge in [-0.2, -0.15) is 0 Å². The van der Waals surface area contributed by atoms with Crippen LogP contribution in [0.3, 0.4) is 0 Å². The predicted molar refractivity (Wildman–Crippen MR) is 123 cm³/mol. The molecular weight excluding hydrogens is 421 g/mol. The molecule has 2 aromatic carbocycles. The van der Waals surface area contributed by atoms with Crippen LogP contribution in [0.5, 0.6) is 5.75 Å². The number of halogens is 1. The number of Topliss-reactive ketones (excluding diaryl/α,β-unsaturated/α-hetero) is 1. The smallest absolute Gasteiger partial charge is 0.336 e. The van der Waals surface area contributed by atoms with Crippen LogP contribution in [0.1, 0.15) is 56.1 Å². The van der Waals surface area contributed by atoms with Gasteiger partial charge in [-0.05, 0) is 37.5 Å². The number of methoxy groups -OCH3 is 1. The number of rotatable bonds is 6. The zero-order valence-electron chi connectivity index (χ0n) is 19.1. The number of hydrogen-bond donors (Lipinski definition) is 1. The number of nitrogens with one attached hydrogen (secondary N) is 1. The predicted octanol–water partition coefficient (Wildman–Crippen LogP) is 5.15. The molecule has 2 aliphatic rings. The third kappa shape index (κ3) is 4.30. The second-order valence-corrected chi connectivity index (χ2v) is 8.42. The Labute approximate surface area is 193 Å². The fourth-order valence-electron chi connectivity index (χ4n) is 4.83. The number of esters is 1. The summed E-state index contributed by atoms with van der Waals surface area (Å²) in [4.78, 5) is 26.6. The second-order valence-electron chi connectivity index (χ2n) is 8.42. The van der Waals surface area contributed by atoms with E-state index in [-0.39, 0.29) is 30.3 Å². The lowest BCUT2D eigenvalue weighted by atomic mass is 9.71. The minimum Gasteiger partial charge on any atom is -0.496 e. The maximum absolute atomic E-state index is 15.0. The third-order valence-corrected chi connectivity index (χ3v) is 6.28. The Bertz CT molecular complexity index is 1150. The average Bonchev–Trinajstić information content (AvgIpc) is 2.81. The van der Waals surface area contributed by atoms with Gasteiger partial charge in [-0.25, -0.2) is 9.18 Å². The van der Waals surface area contributed by atoms with E-state index in [1.807, 2.05) is 31.2 Å². The van der Waals surface area contributed by atoms with Gasteiger partial charge < -0.3 is 14.8 Å². The lowest BCUT2D eigenvalue weighted by Gasteiger charge is -2.37. The average molecular weight is 450 g/mol. The van der Waals surface area contributed by atoms with Crippen molar-refractivity contribution in [1.29, 1.82) is 0 Å². The number of para-hydroxylation sites is 1. The number of carbonyl (C=O) groups excluding carboxylic acids is 2. The van der Waals surface area contributed by atoms with Gasteiger partial charge in [-0.15, -0.1) is 0 Å². The highest BCUT2D eigenvalue weighted by molar-refractivity contribution is 6.04. The zero-order chi connectivity index (χ0) is 23.5. The molecule has 33 heavy (non-hydrogen) atoms. The lowest BCUT2D eigenvalue weighted by molar-refractivity contribution is -0.139. The lowest BCUT2D eigenvalue weighted by Crippen LogP contribution is -2.36. The number of ether oxygens (including phenoxy) is 2. The number of benzene rings is 2. The van der Waals surface area contributed by atoms with E-state index in [9.17, 15) is 14.0 Å². The van der Waals surface area contributed by atoms with Gasteiger partial charge in [0, 0.05) is 34.9 Å². The molecule has 0 bridgehead atoms. The third-order valence-electron chi connectivity index (χ3n) is 6.28. The van der Waals surface area contributed by atoms with Crippen molar-refractivity contribution in [2.24, 2.45) is 0 Å². The molecule has 2 aromatic rings. The number of ketones is 1. The second kappa shape index (κ2) is 9.61. The highest BCUT2D eigenvalue weighted by Crippen LogP contribution is 2.47. The van der Waals surface area contributed by atoms with E-state index in [0.717, 1.165) is 17.0 Å². The van der Waals surface area contributed by atoms with Gasteiger partial charge in [-0.3, -0.25) is 4.79 Å². The summed E-state index contributed by atoms with van der Waals surface area (Å²) in [6, 6.07) is 14.0. The van der Waals surface area contributed by atoms with Gasteiger partial charge in [0.05, 0.1) is 25.2 Å². The van der Waals surface area contributed by atoms with E-state index in [2.05, 4.69) is 5.32 Å². The summed E-state index contributed by atoms with van der Waals surface area (Å²) >= 11 is 0. The van der Waals surface area contributed by atoms with Gasteiger partial charge in [0.25, 0.3) is 0 Å². The molecule has 1 aliphatic carbocycles. The molecule has 0 amide bonds. The minimum atomic E-state index is -0.807. The Kier molecular flexibility index (Phi) is 6.63. The van der Waals surface area contributed by atoms with Crippen LogP contribution >= 0.6 is 0 Å². The Morgan fingerprint density at radius 3 is 2.48 bits per heavy atom. The summed E-state index contributed by atoms with van der Waals surface area (Å²) in [6.07, 6.45) is 1.48. The SMILES string of the molecule is CCCOC(=O)C1=C(C)NC2=C(C(=O)C[C@H](c3ccccc3OC)C2)[C@@H]1c1ccccc1F. The summed E-state index contributed by atoms with van der Waals surface area (Å²) in [5, 5.41) is 3.29. The first kappa shape index (κ1) is 22.8. The molecule has 6 heteroatoms. The van der Waals surface area contributed by atoms with Crippen LogP contribution in [0.15, 0.2) is 71.1 Å². The largest absolute Gasteiger partial charge is 0.496 e. The maximum atomic E-state index is 15.0. The summed E-state index contributed by atoms with van der Waals surface area (Å²) in [5.74, 6) is -1.25. The molecule has 0 spiro atoms. The van der Waals surface area contributed by atoms with Crippen molar-refractivity contribution in [3.63, 3.8) is 0 Å². The Morgan fingerprint density at radius 2 is 1.79 bits per heavy atom. The molecule has 1 N–H and O–H groups in total. The molecule has 172 valence electrons. The van der Waals surface area contributed by atoms with Gasteiger partial charge >= 0.3 is 5.97 Å². The van der Waals surface area contributed by atoms with E-state index in [0.29, 0.717) is 29.7 Å². The summed E-state index contributed by atoms with van der Waals surface area (Å²) in [6.45, 7) is 3.94. The first-order valence-corrected chi connectivity index (χ1v) is 11.2. The van der Waals surface area contributed by atoms with Gasteiger partial charge in [0.2, 0.25) is 0 Å². The fourth-order valence-corrected chi connectivity index (χ4v) is 4.83. The van der Waals surface area contributed by atoms with Crippen molar-refractivity contribution in [2.75, 3.05) is 13.7 Å². The van der Waals surface area contributed by atoms with Crippen LogP contribution in [-0.4, -0.2) is 25.5 Å². The Morgan fingerprint density at radius 1 is 1.09 bits per heavy atom. The number of dihydropyridines is 1. The first-order chi connectivity index (χ1) is 16.0. The minimum absolute atomic E-state index is 0.0810. The van der Waals surface area contributed by atoms with Crippen molar-refractivity contribution >= 4 is 11.8 Å². The number of allylic oxidation sites excluding steroid dienone is 3. The molecule has 0 fully saturated rings. The van der Waals surface area contributed by atoms with Crippen molar-refractivity contribution in [1.82, 2.24) is 5.32 Å². The van der Waals surface area contributed by atoms with Gasteiger partial charge in [0.15, 0.2) is 5.78 Å². The first-order valence-electron chi connectivity index (χ1n) is 11.2. The fraction of sp³-hybridized carbons (Fsp3) is 0.333. The molecule has 0 unspecified atom stereocenters. The molecule has 1 aliphatic heterocycles. The van der Waals surface area contributed by atoms with Gasteiger partial charge in [0.1, 0.15) is 11.6 Å². The molecule has 5 nitrogen and oxygen atoms in total. The topological polar surface area (TPSA) is 64.6 Å². The monoisotopic (exact) mass is 449 g/mol. The van der Waals surface area contributed by atoms with Crippen LogP contribution in [0.2, 0.25) is 0 Å². The molecule has 1 heterocycles. The van der Waals surface area contributed by atoms with Crippen molar-refractivity contribution in [3.05, 3.63) is 88.0 Å². The molecule has 0 saturated heterocycles. The van der Waals surface area contributed by atoms with Crippen LogP contribution in [0.4, 0.5) is 4.39 Å². The molecule has 4 rings (SSSR count). The summed E-state index contributed by atoms with van der Waals surface area (Å²) in [5.41, 5.74) is 3.30. The van der Waals surface area contributed by atoms with Crippen LogP contribution in [0, 0.1) is 5.82 Å². The number of hydrogen-bond acceptors (Lipinski definition) is 5. The molecule has 0 aromatic heterocycles. The van der Waals surface area contributed by atoms with E-state index in [4.69, 9.17) is 9.47 Å². The van der Waals surface area contributed by atoms with Crippen LogP contribution in [0.25, 0.3) is 0 Å². The van der Waals surface area contributed by atoms with Gasteiger partial charge in [-0.1, -0.05) is 43.3 Å². The van der Waals surface area contributed by atoms with Crippen molar-refractivity contribution in [3.8, 4) is 5.75 Å². The molecule has 0 saturated carbocycles. The number of carbonyl (C=O) groups is 2. The zero-order valence-corrected chi connectivity index (χ0v) is 19.1.